The van der Waals surface area contributed by atoms with Crippen LogP contribution in [-0.2, 0) is 12.8 Å². The van der Waals surface area contributed by atoms with Crippen LogP contribution in [0, 0.1) is 0 Å². The van der Waals surface area contributed by atoms with Crippen molar-refractivity contribution in [2.45, 2.75) is 37.9 Å². The number of benzene rings is 4. The Morgan fingerprint density at radius 1 is 0.558 bits per heavy atom. The van der Waals surface area contributed by atoms with Gasteiger partial charge in [-0.05, 0) is 95.7 Å². The first-order valence-electron chi connectivity index (χ1n) is 15.0. The van der Waals surface area contributed by atoms with Crippen molar-refractivity contribution in [1.82, 2.24) is 10.6 Å². The van der Waals surface area contributed by atoms with Gasteiger partial charge in [0.25, 0.3) is 0 Å². The van der Waals surface area contributed by atoms with Gasteiger partial charge in [-0.1, -0.05) is 109 Å². The normalized spacial score (nSPS) is 18.5. The number of hydrogen-bond acceptors (Lipinski definition) is 4. The second-order valence-electron chi connectivity index (χ2n) is 10.9. The van der Waals surface area contributed by atoms with Crippen molar-refractivity contribution in [3.8, 4) is 0 Å². The molecule has 0 bridgehead atoms. The number of hydrogen-bond donors (Lipinski definition) is 4. The summed E-state index contributed by atoms with van der Waals surface area (Å²) in [7, 11) is 3.94. The van der Waals surface area contributed by atoms with Gasteiger partial charge in [0.1, 0.15) is 0 Å². The van der Waals surface area contributed by atoms with Crippen molar-refractivity contribution in [2.24, 2.45) is 0 Å². The molecule has 4 aromatic rings. The molecule has 0 fully saturated rings. The molecule has 0 heterocycles. The molecule has 2 aliphatic carbocycles. The first-order chi connectivity index (χ1) is 20.6. The maximum Gasteiger partial charge on any atom is 0.0836 e. The Labute approximate surface area is 263 Å². The second kappa shape index (κ2) is 15.9. The summed E-state index contributed by atoms with van der Waals surface area (Å²) in [5.41, 5.74) is 11.8. The Bertz CT molecular complexity index is 1440. The lowest BCUT2D eigenvalue weighted by molar-refractivity contribution is 0.178. The van der Waals surface area contributed by atoms with Gasteiger partial charge >= 0.3 is 0 Å². The summed E-state index contributed by atoms with van der Waals surface area (Å²) in [6.07, 6.45) is 7.01. The topological polar surface area (TPSA) is 64.5 Å². The molecule has 0 radical (unpaired) electrons. The number of fused-ring (bicyclic) bond motifs is 4. The fraction of sp³-hybridized carbons (Fsp3) is 0.263. The molecule has 0 aliphatic heterocycles. The summed E-state index contributed by atoms with van der Waals surface area (Å²) in [5, 5.41) is 27.4. The van der Waals surface area contributed by atoms with E-state index in [2.05, 4.69) is 71.3 Å². The van der Waals surface area contributed by atoms with E-state index in [0.717, 1.165) is 48.2 Å². The van der Waals surface area contributed by atoms with E-state index in [1.54, 1.807) is 0 Å². The fourth-order valence-electron chi connectivity index (χ4n) is 6.08. The van der Waals surface area contributed by atoms with E-state index in [9.17, 15) is 10.2 Å². The number of aliphatic hydroxyl groups is 2. The van der Waals surface area contributed by atoms with Crippen molar-refractivity contribution in [3.63, 3.8) is 0 Å². The van der Waals surface area contributed by atoms with Crippen molar-refractivity contribution < 1.29 is 10.2 Å². The maximum absolute atomic E-state index is 10.5. The van der Waals surface area contributed by atoms with Crippen LogP contribution in [0.2, 0.25) is 0 Å². The molecule has 4 N–H and O–H groups in total. The van der Waals surface area contributed by atoms with E-state index in [1.165, 1.54) is 33.4 Å². The minimum Gasteiger partial charge on any atom is -0.388 e. The van der Waals surface area contributed by atoms with Crippen LogP contribution in [0.4, 0.5) is 0 Å². The Kier molecular flexibility index (Phi) is 12.0. The Balaban J connectivity index is 0.000000192. The summed E-state index contributed by atoms with van der Waals surface area (Å²) in [5.74, 6) is 0. The minimum atomic E-state index is -0.433. The predicted molar refractivity (Wildman–Crippen MR) is 185 cm³/mol. The molecule has 4 nitrogen and oxygen atoms in total. The SMILES string of the molecule is CNCC/C=C1\c2ccccc2C[C@@H](O)c2ccccc21.CNCC/C=C1\c2ccccc2C[C@H](O)c2ccccc21.S. The molecular weight excluding hydrogens is 548 g/mol. The molecule has 0 saturated heterocycles. The van der Waals surface area contributed by atoms with Gasteiger partial charge in [-0.25, -0.2) is 0 Å². The van der Waals surface area contributed by atoms with Crippen LogP contribution in [0.3, 0.4) is 0 Å². The fourth-order valence-corrected chi connectivity index (χ4v) is 6.08. The van der Waals surface area contributed by atoms with Crippen LogP contribution in [-0.4, -0.2) is 37.4 Å². The highest BCUT2D eigenvalue weighted by Gasteiger charge is 2.24. The van der Waals surface area contributed by atoms with Crippen molar-refractivity contribution in [3.05, 3.63) is 154 Å². The molecule has 2 atom stereocenters. The third-order valence-electron chi connectivity index (χ3n) is 8.15. The molecule has 2 aliphatic rings. The molecule has 0 spiro atoms. The number of nitrogens with one attached hydrogen (secondary N) is 2. The summed E-state index contributed by atoms with van der Waals surface area (Å²) in [6.45, 7) is 1.91. The molecular formula is C38H44N2O2S. The highest BCUT2D eigenvalue weighted by molar-refractivity contribution is 7.59. The van der Waals surface area contributed by atoms with Crippen LogP contribution in [0.15, 0.2) is 109 Å². The molecule has 43 heavy (non-hydrogen) atoms. The highest BCUT2D eigenvalue weighted by Crippen LogP contribution is 2.38. The molecule has 4 aromatic carbocycles. The smallest absolute Gasteiger partial charge is 0.0836 e. The molecule has 224 valence electrons. The van der Waals surface area contributed by atoms with E-state index >= 15 is 0 Å². The lowest BCUT2D eigenvalue weighted by Gasteiger charge is -2.13. The second-order valence-corrected chi connectivity index (χ2v) is 10.9. The van der Waals surface area contributed by atoms with E-state index in [4.69, 9.17) is 0 Å². The zero-order valence-electron chi connectivity index (χ0n) is 25.2. The molecule has 6 rings (SSSR count). The van der Waals surface area contributed by atoms with E-state index in [0.29, 0.717) is 12.8 Å². The predicted octanol–water partition coefficient (Wildman–Crippen LogP) is 6.75. The molecule has 0 amide bonds. The third-order valence-corrected chi connectivity index (χ3v) is 8.15. The largest absolute Gasteiger partial charge is 0.388 e. The number of rotatable bonds is 6. The summed E-state index contributed by atoms with van der Waals surface area (Å²) in [4.78, 5) is 0. The third kappa shape index (κ3) is 7.56. The average Bonchev–Trinajstić information content (AvgIpc) is 3.22. The van der Waals surface area contributed by atoms with Gasteiger partial charge in [-0.15, -0.1) is 0 Å². The molecule has 5 heteroatoms. The number of aliphatic hydroxyl groups excluding tert-OH is 2. The first kappa shape index (κ1) is 32.5. The zero-order chi connectivity index (χ0) is 29.3. The lowest BCUT2D eigenvalue weighted by atomic mass is 9.93. The van der Waals surface area contributed by atoms with E-state index in [1.807, 2.05) is 62.6 Å². The summed E-state index contributed by atoms with van der Waals surface area (Å²) >= 11 is 0. The summed E-state index contributed by atoms with van der Waals surface area (Å²) in [6, 6.07) is 33.2. The summed E-state index contributed by atoms with van der Waals surface area (Å²) < 4.78 is 0. The van der Waals surface area contributed by atoms with Crippen LogP contribution in [0.25, 0.3) is 11.1 Å². The Morgan fingerprint density at radius 2 is 0.907 bits per heavy atom. The van der Waals surface area contributed by atoms with Crippen molar-refractivity contribution in [2.75, 3.05) is 27.2 Å². The van der Waals surface area contributed by atoms with Gasteiger partial charge in [0.2, 0.25) is 0 Å². The molecule has 0 saturated carbocycles. The van der Waals surface area contributed by atoms with Gasteiger partial charge < -0.3 is 20.8 Å². The standard InChI is InChI=1S/2C19H21NO.H2S/c2*1-20-12-6-11-16-15-8-3-2-7-14(15)13-19(21)18-10-5-4-9-17(16)18;/h2*2-5,7-11,19-21H,6,12-13H2,1H3;1H2/b2*16-11+;/t2*19-;/m10./s1. The van der Waals surface area contributed by atoms with Gasteiger partial charge in [0, 0.05) is 12.8 Å². The average molecular weight is 593 g/mol. The van der Waals surface area contributed by atoms with Crippen LogP contribution in [0.1, 0.15) is 69.6 Å². The highest BCUT2D eigenvalue weighted by atomic mass is 32.1. The monoisotopic (exact) mass is 592 g/mol. The van der Waals surface area contributed by atoms with Gasteiger partial charge in [-0.2, -0.15) is 13.5 Å². The van der Waals surface area contributed by atoms with Crippen LogP contribution >= 0.6 is 13.5 Å². The van der Waals surface area contributed by atoms with Gasteiger partial charge in [-0.3, -0.25) is 0 Å². The van der Waals surface area contributed by atoms with Gasteiger partial charge in [0.15, 0.2) is 0 Å². The Hall–Kier alpha value is -3.45. The zero-order valence-corrected chi connectivity index (χ0v) is 26.2. The first-order valence-corrected chi connectivity index (χ1v) is 15.0. The lowest BCUT2D eigenvalue weighted by Crippen LogP contribution is -2.06. The quantitative estimate of drug-likeness (QED) is 0.187. The van der Waals surface area contributed by atoms with Crippen molar-refractivity contribution >= 4 is 24.6 Å². The van der Waals surface area contributed by atoms with E-state index in [-0.39, 0.29) is 13.5 Å². The minimum absolute atomic E-state index is 0. The molecule has 0 unspecified atom stereocenters. The maximum atomic E-state index is 10.5. The van der Waals surface area contributed by atoms with Crippen LogP contribution in [0.5, 0.6) is 0 Å². The van der Waals surface area contributed by atoms with Gasteiger partial charge in [0.05, 0.1) is 12.2 Å². The van der Waals surface area contributed by atoms with E-state index < -0.39 is 12.2 Å². The molecule has 0 aromatic heterocycles. The van der Waals surface area contributed by atoms with Crippen molar-refractivity contribution in [1.29, 1.82) is 0 Å². The van der Waals surface area contributed by atoms with Crippen LogP contribution < -0.4 is 10.6 Å². The Morgan fingerprint density at radius 3 is 1.30 bits per heavy atom.